The van der Waals surface area contributed by atoms with Gasteiger partial charge in [-0.05, 0) is 87.4 Å². The van der Waals surface area contributed by atoms with Gasteiger partial charge in [-0.1, -0.05) is 40.2 Å². The van der Waals surface area contributed by atoms with Crippen LogP contribution in [-0.4, -0.2) is 44.3 Å². The van der Waals surface area contributed by atoms with Crippen molar-refractivity contribution >= 4 is 38.6 Å². The summed E-state index contributed by atoms with van der Waals surface area (Å²) < 4.78 is 84.0. The topological polar surface area (TPSA) is 166 Å². The largest absolute Gasteiger partial charge is 0.330 e. The first-order chi connectivity index (χ1) is 29.0. The zero-order valence-corrected chi connectivity index (χ0v) is 34.2. The van der Waals surface area contributed by atoms with E-state index < -0.39 is 52.1 Å². The lowest BCUT2D eigenvalue weighted by molar-refractivity contribution is 0.511. The summed E-state index contributed by atoms with van der Waals surface area (Å²) in [5.74, 6) is -4.47. The van der Waals surface area contributed by atoms with E-state index in [9.17, 15) is 45.5 Å². The Morgan fingerprint density at radius 1 is 0.639 bits per heavy atom. The van der Waals surface area contributed by atoms with Gasteiger partial charge in [0.2, 0.25) is 23.8 Å². The molecule has 7 aromatic rings. The lowest BCUT2D eigenvalue weighted by Gasteiger charge is -2.12. The second-order valence-corrected chi connectivity index (χ2v) is 14.6. The molecule has 1 aliphatic heterocycles. The summed E-state index contributed by atoms with van der Waals surface area (Å²) in [5, 5.41) is 0.785. The number of halogens is 7. The molecule has 61 heavy (non-hydrogen) atoms. The Morgan fingerprint density at radius 3 is 1.67 bits per heavy atom. The Balaban J connectivity index is 0.000000175. The lowest BCUT2D eigenvalue weighted by atomic mass is 10.1. The molecule has 316 valence electrons. The van der Waals surface area contributed by atoms with E-state index in [2.05, 4.69) is 45.8 Å². The van der Waals surface area contributed by atoms with Crippen LogP contribution < -0.4 is 22.5 Å². The summed E-state index contributed by atoms with van der Waals surface area (Å²) in [6.07, 6.45) is 0.0574. The van der Waals surface area contributed by atoms with E-state index in [4.69, 9.17) is 0 Å². The normalized spacial score (nSPS) is 11.9. The number of fused-ring (bicyclic) bond motifs is 2. The predicted molar refractivity (Wildman–Crippen MR) is 218 cm³/mol. The second kappa shape index (κ2) is 18.3. The van der Waals surface area contributed by atoms with Crippen LogP contribution in [0.4, 0.5) is 32.2 Å². The molecule has 0 fully saturated rings. The van der Waals surface area contributed by atoms with Gasteiger partial charge in [-0.3, -0.25) is 28.7 Å². The number of alkyl halides is 1. The molecule has 13 nitrogen and oxygen atoms in total. The molecule has 0 unspecified atom stereocenters. The lowest BCUT2D eigenvalue weighted by Crippen LogP contribution is -2.32. The van der Waals surface area contributed by atoms with E-state index >= 15 is 0 Å². The van der Waals surface area contributed by atoms with E-state index in [0.29, 0.717) is 5.56 Å². The van der Waals surface area contributed by atoms with Gasteiger partial charge in [0.05, 0.1) is 22.4 Å². The quantitative estimate of drug-likeness (QED) is 0.0972. The maximum Gasteiger partial charge on any atom is 0.330 e. The van der Waals surface area contributed by atoms with Gasteiger partial charge in [-0.2, -0.15) is 27.5 Å². The summed E-state index contributed by atoms with van der Waals surface area (Å²) in [6.45, 7) is 7.04. The third-order valence-corrected chi connectivity index (χ3v) is 9.81. The number of hydrogen-bond acceptors (Lipinski definition) is 8. The number of nitrogens with one attached hydrogen (secondary N) is 2. The fourth-order valence-corrected chi connectivity index (χ4v) is 6.74. The number of nitrogens with zero attached hydrogens (tertiary/aromatic N) is 7. The molecule has 6 heterocycles. The highest BCUT2D eigenvalue weighted by atomic mass is 79.9. The van der Waals surface area contributed by atoms with Crippen molar-refractivity contribution in [2.75, 3.05) is 0 Å². The van der Waals surface area contributed by atoms with Crippen molar-refractivity contribution in [1.29, 1.82) is 0 Å². The number of aromatic amines is 2. The van der Waals surface area contributed by atoms with E-state index in [1.54, 1.807) is 39.8 Å². The van der Waals surface area contributed by atoms with Crippen LogP contribution in [0.15, 0.2) is 97.0 Å². The van der Waals surface area contributed by atoms with Crippen LogP contribution in [-0.2, 0) is 18.3 Å². The molecular formula is C41H34BrF6N9O4. The molecule has 0 spiro atoms. The van der Waals surface area contributed by atoms with Crippen LogP contribution in [0.1, 0.15) is 62.0 Å². The van der Waals surface area contributed by atoms with Gasteiger partial charge in [0.25, 0.3) is 11.1 Å². The van der Waals surface area contributed by atoms with Crippen molar-refractivity contribution < 1.29 is 26.3 Å². The van der Waals surface area contributed by atoms with E-state index in [1.165, 1.54) is 56.2 Å². The number of aliphatic imine (C=N–C) groups is 1. The molecule has 8 rings (SSSR count). The first kappa shape index (κ1) is 43.9. The van der Waals surface area contributed by atoms with Gasteiger partial charge >= 0.3 is 11.4 Å². The molecule has 0 bridgehead atoms. The molecule has 0 atom stereocenters. The third kappa shape index (κ3) is 9.53. The average molecular weight is 911 g/mol. The zero-order valence-electron chi connectivity index (χ0n) is 32.6. The van der Waals surface area contributed by atoms with E-state index in [1.807, 2.05) is 0 Å². The number of rotatable bonds is 7. The minimum atomic E-state index is -1.11. The minimum absolute atomic E-state index is 0.00942. The van der Waals surface area contributed by atoms with Gasteiger partial charge < -0.3 is 4.57 Å². The van der Waals surface area contributed by atoms with Gasteiger partial charge in [0, 0.05) is 30.4 Å². The average Bonchev–Trinajstić information content (AvgIpc) is 3.79. The number of aromatic nitrogens is 8. The molecule has 0 saturated carbocycles. The summed E-state index contributed by atoms with van der Waals surface area (Å²) in [5.41, 5.74) is -0.292. The van der Waals surface area contributed by atoms with Crippen molar-refractivity contribution in [2.24, 2.45) is 4.99 Å². The Kier molecular flexibility index (Phi) is 13.1. The Morgan fingerprint density at radius 2 is 1.15 bits per heavy atom. The van der Waals surface area contributed by atoms with Crippen molar-refractivity contribution in [3.05, 3.63) is 172 Å². The SMILES string of the molecule is CC(C)n1c(=O)[nH]c(=O)c2c1nc(-c1ccc(F)nc1F)n2Cc1ccc(F)cc1.CC(C)n1c2c(c(=O)[nH]c1=O)CC(c1ccc(F)nc1F)=N2.Fc1ccc(CBr)cc1. The molecule has 2 aromatic carbocycles. The number of H-pyrrole nitrogens is 2. The van der Waals surface area contributed by atoms with Gasteiger partial charge in [-0.15, -0.1) is 0 Å². The highest BCUT2D eigenvalue weighted by Crippen LogP contribution is 2.29. The summed E-state index contributed by atoms with van der Waals surface area (Å²) in [4.78, 5) is 68.2. The second-order valence-electron chi connectivity index (χ2n) is 14.0. The Hall–Kier alpha value is -6.70. The molecule has 1 aliphatic rings. The Labute approximate surface area is 349 Å². The molecular weight excluding hydrogens is 876 g/mol. The van der Waals surface area contributed by atoms with Gasteiger partial charge in [-0.25, -0.2) is 28.3 Å². The molecule has 20 heteroatoms. The van der Waals surface area contributed by atoms with Crippen molar-refractivity contribution in [1.82, 2.24) is 38.6 Å². The standard InChI is InChI=1S/C20H16F3N5O2.C14H12F2N4O2.C7H6BrF/c1-10(2)28-18-15(19(29)26-20(28)30)27(9-11-3-5-12(21)6-4-11)17(25-18)13-7-8-14(22)24-16(13)23;1-6(2)20-12-8(13(21)19-14(20)22)5-9(17-12)7-3-4-10(15)18-11(7)16;8-5-6-1-3-7(9)4-2-6/h3-8,10H,9H2,1-2H3,(H,26,29,30);3-4,6H,5H2,1-2H3,(H,19,21,22);1-4H,5H2. The minimum Gasteiger partial charge on any atom is -0.313 e. The number of benzene rings is 2. The van der Waals surface area contributed by atoms with Crippen molar-refractivity contribution in [3.8, 4) is 11.4 Å². The highest BCUT2D eigenvalue weighted by molar-refractivity contribution is 9.08. The summed E-state index contributed by atoms with van der Waals surface area (Å²) >= 11 is 3.26. The third-order valence-electron chi connectivity index (χ3n) is 9.16. The van der Waals surface area contributed by atoms with Crippen LogP contribution in [0, 0.1) is 35.4 Å². The fourth-order valence-electron chi connectivity index (χ4n) is 6.36. The predicted octanol–water partition coefficient (Wildman–Crippen LogP) is 7.18. The van der Waals surface area contributed by atoms with Crippen molar-refractivity contribution in [3.63, 3.8) is 0 Å². The first-order valence-corrected chi connectivity index (χ1v) is 19.5. The molecule has 0 amide bonds. The number of pyridine rings is 2. The molecule has 5 aromatic heterocycles. The van der Waals surface area contributed by atoms with Crippen LogP contribution in [0.3, 0.4) is 0 Å². The monoisotopic (exact) mass is 909 g/mol. The maximum absolute atomic E-state index is 14.5. The molecule has 0 radical (unpaired) electrons. The van der Waals surface area contributed by atoms with E-state index in [-0.39, 0.29) is 76.1 Å². The zero-order chi connectivity index (χ0) is 44.3. The summed E-state index contributed by atoms with van der Waals surface area (Å²) in [7, 11) is 0. The Bertz CT molecular complexity index is 3030. The maximum atomic E-state index is 14.5. The summed E-state index contributed by atoms with van der Waals surface area (Å²) in [6, 6.07) is 15.7. The number of hydrogen-bond donors (Lipinski definition) is 2. The van der Waals surface area contributed by atoms with Crippen LogP contribution in [0.5, 0.6) is 0 Å². The highest BCUT2D eigenvalue weighted by Gasteiger charge is 2.27. The molecule has 0 saturated heterocycles. The van der Waals surface area contributed by atoms with Gasteiger partial charge in [0.1, 0.15) is 23.3 Å². The number of imidazole rings is 1. The smallest absolute Gasteiger partial charge is 0.313 e. The fraction of sp³-hybridized carbons (Fsp3) is 0.220. The molecule has 0 aliphatic carbocycles. The molecule has 2 N–H and O–H groups in total. The van der Waals surface area contributed by atoms with Crippen LogP contribution in [0.25, 0.3) is 22.6 Å². The van der Waals surface area contributed by atoms with Gasteiger partial charge in [0.15, 0.2) is 11.2 Å². The van der Waals surface area contributed by atoms with E-state index in [0.717, 1.165) is 29.1 Å². The van der Waals surface area contributed by atoms with Crippen LogP contribution >= 0.6 is 15.9 Å². The first-order valence-electron chi connectivity index (χ1n) is 18.4. The van der Waals surface area contributed by atoms with Crippen molar-refractivity contribution in [2.45, 2.75) is 58.1 Å². The van der Waals surface area contributed by atoms with Crippen LogP contribution in [0.2, 0.25) is 0 Å².